The van der Waals surface area contributed by atoms with E-state index < -0.39 is 42.8 Å². The lowest BCUT2D eigenvalue weighted by Gasteiger charge is -2.20. The van der Waals surface area contributed by atoms with Crippen LogP contribution < -0.4 is 10.6 Å². The molecule has 2 aliphatic heterocycles. The molecule has 5 rings (SSSR count). The summed E-state index contributed by atoms with van der Waals surface area (Å²) < 4.78 is 19.4. The molecule has 1 aromatic carbocycles. The molecular weight excluding hydrogens is 420 g/mol. The van der Waals surface area contributed by atoms with E-state index in [0.717, 1.165) is 5.56 Å². The number of hydrogen-bond acceptors (Lipinski definition) is 8. The van der Waals surface area contributed by atoms with Gasteiger partial charge in [-0.25, -0.2) is 24.5 Å². The normalized spacial score (nSPS) is 26.7. The first-order chi connectivity index (χ1) is 15.6. The van der Waals surface area contributed by atoms with E-state index in [-0.39, 0.29) is 5.82 Å². The van der Waals surface area contributed by atoms with Crippen LogP contribution in [-0.2, 0) is 19.0 Å². The lowest BCUT2D eigenvalue weighted by atomic mass is 10.1. The van der Waals surface area contributed by atoms with Crippen LogP contribution in [0.5, 0.6) is 0 Å². The number of rotatable bonds is 5. The molecule has 2 saturated heterocycles. The summed E-state index contributed by atoms with van der Waals surface area (Å²) >= 11 is 0. The van der Waals surface area contributed by atoms with Crippen LogP contribution in [0.25, 0.3) is 11.2 Å². The Balaban J connectivity index is 1.47. The third kappa shape index (κ3) is 3.43. The van der Waals surface area contributed by atoms with Crippen molar-refractivity contribution in [3.8, 4) is 0 Å². The molecule has 2 aromatic heterocycles. The first-order valence-corrected chi connectivity index (χ1v) is 10.0. The van der Waals surface area contributed by atoms with Crippen LogP contribution in [0.3, 0.4) is 0 Å². The van der Waals surface area contributed by atoms with Crippen molar-refractivity contribution >= 4 is 29.0 Å². The number of imidazole rings is 1. The van der Waals surface area contributed by atoms with Crippen LogP contribution in [0.15, 0.2) is 43.0 Å². The highest BCUT2D eigenvalue weighted by Crippen LogP contribution is 2.44. The Bertz CT molecular complexity index is 1150. The minimum Gasteiger partial charge on any atom is -0.479 e. The summed E-state index contributed by atoms with van der Waals surface area (Å²) in [6.07, 6.45) is -1.62. The number of carboxylic acid groups (broad SMARTS) is 1. The lowest BCUT2D eigenvalue weighted by Crippen LogP contribution is -2.34. The Morgan fingerprint density at radius 2 is 1.88 bits per heavy atom. The van der Waals surface area contributed by atoms with Gasteiger partial charge in [0.15, 0.2) is 35.6 Å². The zero-order valence-electron chi connectivity index (χ0n) is 16.9. The molecule has 3 N–H and O–H groups in total. The van der Waals surface area contributed by atoms with E-state index in [9.17, 15) is 14.7 Å². The molecule has 0 radical (unpaired) electrons. The van der Waals surface area contributed by atoms with Crippen molar-refractivity contribution in [1.82, 2.24) is 24.8 Å². The van der Waals surface area contributed by atoms with Crippen molar-refractivity contribution in [1.29, 1.82) is 0 Å². The Morgan fingerprint density at radius 3 is 2.62 bits per heavy atom. The maximum Gasteiger partial charge on any atom is 0.335 e. The van der Waals surface area contributed by atoms with Gasteiger partial charge < -0.3 is 24.6 Å². The number of carbonyl (C=O) groups excluding carboxylic acids is 1. The maximum absolute atomic E-state index is 11.9. The predicted molar refractivity (Wildman–Crippen MR) is 108 cm³/mol. The van der Waals surface area contributed by atoms with Crippen LogP contribution in [-0.4, -0.2) is 61.5 Å². The summed E-state index contributed by atoms with van der Waals surface area (Å²) in [4.78, 5) is 36.4. The number of carboxylic acids is 1. The highest BCUT2D eigenvalue weighted by Gasteiger charge is 2.56. The summed E-state index contributed by atoms with van der Waals surface area (Å²) in [5.41, 5.74) is 1.46. The van der Waals surface area contributed by atoms with E-state index >= 15 is 0 Å². The summed E-state index contributed by atoms with van der Waals surface area (Å²) in [7, 11) is 0. The molecule has 12 nitrogen and oxygen atoms in total. The fourth-order valence-corrected chi connectivity index (χ4v) is 3.88. The first-order valence-electron chi connectivity index (χ1n) is 10.0. The fourth-order valence-electron chi connectivity index (χ4n) is 3.88. The number of urea groups is 1. The molecule has 2 amide bonds. The molecule has 0 aliphatic carbocycles. The fraction of sp³-hybridized carbons (Fsp3) is 0.350. The van der Waals surface area contributed by atoms with Gasteiger partial charge in [0.25, 0.3) is 0 Å². The summed E-state index contributed by atoms with van der Waals surface area (Å²) in [6.45, 7) is 2.24. The molecule has 4 unspecified atom stereocenters. The highest BCUT2D eigenvalue weighted by molar-refractivity contribution is 5.95. The van der Waals surface area contributed by atoms with Crippen molar-refractivity contribution in [2.45, 2.75) is 37.8 Å². The van der Waals surface area contributed by atoms with Crippen molar-refractivity contribution in [2.24, 2.45) is 0 Å². The zero-order chi connectivity index (χ0) is 22.2. The second-order valence-electron chi connectivity index (χ2n) is 7.26. The quantitative estimate of drug-likeness (QED) is 0.535. The molecule has 5 atom stereocenters. The SMILES string of the molecule is CCNC(=O)Nc1ncnc2c1ncn2C1OC(C(=O)O)C2O[C@H](c3ccccc3)OC21. The van der Waals surface area contributed by atoms with E-state index in [1.807, 2.05) is 30.3 Å². The summed E-state index contributed by atoms with van der Waals surface area (Å²) in [5.74, 6) is -0.938. The van der Waals surface area contributed by atoms with E-state index in [2.05, 4.69) is 25.6 Å². The number of fused-ring (bicyclic) bond motifs is 2. The van der Waals surface area contributed by atoms with Gasteiger partial charge in [0.05, 0.1) is 6.33 Å². The van der Waals surface area contributed by atoms with E-state index in [1.165, 1.54) is 12.7 Å². The van der Waals surface area contributed by atoms with Crippen LogP contribution in [0.1, 0.15) is 25.0 Å². The van der Waals surface area contributed by atoms with Gasteiger partial charge in [-0.2, -0.15) is 0 Å². The Hall–Kier alpha value is -3.61. The van der Waals surface area contributed by atoms with Gasteiger partial charge >= 0.3 is 12.0 Å². The highest BCUT2D eigenvalue weighted by atomic mass is 16.8. The van der Waals surface area contributed by atoms with Crippen molar-refractivity contribution in [2.75, 3.05) is 11.9 Å². The van der Waals surface area contributed by atoms with Crippen LogP contribution in [0.4, 0.5) is 10.6 Å². The van der Waals surface area contributed by atoms with Crippen molar-refractivity contribution in [3.05, 3.63) is 48.5 Å². The number of aliphatic carboxylic acids is 1. The number of carbonyl (C=O) groups is 2. The Labute approximate surface area is 181 Å². The molecule has 12 heteroatoms. The topological polar surface area (TPSA) is 150 Å². The van der Waals surface area contributed by atoms with Crippen molar-refractivity contribution < 1.29 is 28.9 Å². The Morgan fingerprint density at radius 1 is 1.09 bits per heavy atom. The number of aromatic nitrogens is 4. The third-order valence-electron chi connectivity index (χ3n) is 5.27. The summed E-state index contributed by atoms with van der Waals surface area (Å²) in [6, 6.07) is 8.83. The largest absolute Gasteiger partial charge is 0.479 e. The predicted octanol–water partition coefficient (Wildman–Crippen LogP) is 1.43. The maximum atomic E-state index is 11.9. The number of nitrogens with zero attached hydrogens (tertiary/aromatic N) is 4. The van der Waals surface area contributed by atoms with Gasteiger partial charge in [0.1, 0.15) is 18.5 Å². The van der Waals surface area contributed by atoms with Gasteiger partial charge in [0, 0.05) is 12.1 Å². The van der Waals surface area contributed by atoms with Crippen LogP contribution in [0, 0.1) is 0 Å². The zero-order valence-corrected chi connectivity index (χ0v) is 16.9. The van der Waals surface area contributed by atoms with E-state index in [0.29, 0.717) is 17.7 Å². The van der Waals surface area contributed by atoms with E-state index in [1.54, 1.807) is 11.5 Å². The van der Waals surface area contributed by atoms with Gasteiger partial charge in [-0.3, -0.25) is 9.88 Å². The van der Waals surface area contributed by atoms with Crippen molar-refractivity contribution in [3.63, 3.8) is 0 Å². The van der Waals surface area contributed by atoms with Crippen LogP contribution >= 0.6 is 0 Å². The number of nitrogens with one attached hydrogen (secondary N) is 2. The number of hydrogen-bond donors (Lipinski definition) is 3. The van der Waals surface area contributed by atoms with E-state index in [4.69, 9.17) is 14.2 Å². The molecule has 3 aromatic rings. The number of ether oxygens (including phenoxy) is 3. The minimum absolute atomic E-state index is 0.217. The molecule has 2 fully saturated rings. The minimum atomic E-state index is -1.23. The number of benzene rings is 1. The van der Waals surface area contributed by atoms with Gasteiger partial charge in [-0.05, 0) is 6.92 Å². The van der Waals surface area contributed by atoms with Gasteiger partial charge in [-0.15, -0.1) is 0 Å². The lowest BCUT2D eigenvalue weighted by molar-refractivity contribution is -0.173. The molecule has 166 valence electrons. The number of anilines is 1. The smallest absolute Gasteiger partial charge is 0.335 e. The van der Waals surface area contributed by atoms with Gasteiger partial charge in [-0.1, -0.05) is 30.3 Å². The summed E-state index contributed by atoms with van der Waals surface area (Å²) in [5, 5.41) is 14.9. The first kappa shape index (κ1) is 20.3. The second-order valence-corrected chi connectivity index (χ2v) is 7.26. The molecule has 2 aliphatic rings. The molecule has 0 spiro atoms. The van der Waals surface area contributed by atoms with Crippen LogP contribution in [0.2, 0.25) is 0 Å². The monoisotopic (exact) mass is 440 g/mol. The average molecular weight is 440 g/mol. The number of amides is 2. The molecular formula is C20H20N6O6. The molecule has 0 saturated carbocycles. The van der Waals surface area contributed by atoms with Gasteiger partial charge in [0.2, 0.25) is 0 Å². The Kier molecular flexibility index (Phi) is 5.17. The molecule has 32 heavy (non-hydrogen) atoms. The third-order valence-corrected chi connectivity index (χ3v) is 5.27. The molecule has 4 heterocycles. The standard InChI is InChI=1S/C20H20N6O6/c1-2-21-20(29)25-15-11-16(23-8-22-15)26(9-24-11)17-13-12(14(30-17)18(27)28)31-19(32-13)10-6-4-3-5-7-10/h3-9,12-14,17,19H,2H2,1H3,(H,27,28)(H2,21,22,23,25,29)/t12?,13?,14?,17?,19-/m0/s1. The average Bonchev–Trinajstić information content (AvgIpc) is 3.48. The second kappa shape index (κ2) is 8.15. The molecule has 0 bridgehead atoms.